The van der Waals surface area contributed by atoms with Gasteiger partial charge in [-0.2, -0.15) is 0 Å². The lowest BCUT2D eigenvalue weighted by Gasteiger charge is -2.34. The van der Waals surface area contributed by atoms with Crippen molar-refractivity contribution >= 4 is 24.2 Å². The van der Waals surface area contributed by atoms with Crippen molar-refractivity contribution in [3.05, 3.63) is 30.3 Å². The van der Waals surface area contributed by atoms with Crippen molar-refractivity contribution in [1.82, 2.24) is 9.80 Å². The second-order valence-corrected chi connectivity index (χ2v) is 5.74. The first kappa shape index (κ1) is 16.8. The molecular formula is C14H23ClN2OS. The molecule has 2 rings (SSSR count). The molecule has 0 saturated carbocycles. The van der Waals surface area contributed by atoms with E-state index >= 15 is 0 Å². The van der Waals surface area contributed by atoms with Gasteiger partial charge in [0.25, 0.3) is 0 Å². The summed E-state index contributed by atoms with van der Waals surface area (Å²) >= 11 is 1.93. The van der Waals surface area contributed by atoms with Crippen LogP contribution in [0.1, 0.15) is 0 Å². The van der Waals surface area contributed by atoms with E-state index in [0.717, 1.165) is 45.0 Å². The predicted molar refractivity (Wildman–Crippen MR) is 84.4 cm³/mol. The van der Waals surface area contributed by atoms with Crippen molar-refractivity contribution in [2.24, 2.45) is 0 Å². The van der Waals surface area contributed by atoms with Gasteiger partial charge in [-0.25, -0.2) is 0 Å². The molecule has 1 aromatic carbocycles. The van der Waals surface area contributed by atoms with Crippen molar-refractivity contribution in [3.8, 4) is 0 Å². The average molecular weight is 303 g/mol. The zero-order chi connectivity index (χ0) is 12.6. The Morgan fingerprint density at radius 3 is 2.11 bits per heavy atom. The van der Waals surface area contributed by atoms with Gasteiger partial charge in [-0.3, -0.25) is 9.80 Å². The number of rotatable bonds is 6. The Balaban J connectivity index is 0.00000180. The second kappa shape index (κ2) is 9.61. The predicted octanol–water partition coefficient (Wildman–Crippen LogP) is 1.81. The zero-order valence-electron chi connectivity index (χ0n) is 11.2. The molecule has 0 aliphatic carbocycles. The molecule has 1 aromatic rings. The largest absolute Gasteiger partial charge is 0.395 e. The molecule has 1 heterocycles. The number of thioether (sulfide) groups is 1. The van der Waals surface area contributed by atoms with Gasteiger partial charge in [0.05, 0.1) is 6.61 Å². The van der Waals surface area contributed by atoms with E-state index in [-0.39, 0.29) is 19.0 Å². The van der Waals surface area contributed by atoms with E-state index in [0.29, 0.717) is 0 Å². The molecule has 0 bridgehead atoms. The Morgan fingerprint density at radius 2 is 1.53 bits per heavy atom. The highest BCUT2D eigenvalue weighted by Gasteiger charge is 2.15. The summed E-state index contributed by atoms with van der Waals surface area (Å²) in [4.78, 5) is 6.21. The molecule has 1 saturated heterocycles. The summed E-state index contributed by atoms with van der Waals surface area (Å²) in [6.45, 7) is 6.72. The lowest BCUT2D eigenvalue weighted by Crippen LogP contribution is -2.47. The molecular weight excluding hydrogens is 280 g/mol. The van der Waals surface area contributed by atoms with E-state index < -0.39 is 0 Å². The van der Waals surface area contributed by atoms with Crippen molar-refractivity contribution in [1.29, 1.82) is 0 Å². The third kappa shape index (κ3) is 6.15. The van der Waals surface area contributed by atoms with Gasteiger partial charge in [-0.05, 0) is 12.1 Å². The third-order valence-corrected chi connectivity index (χ3v) is 4.29. The van der Waals surface area contributed by atoms with Gasteiger partial charge in [0.15, 0.2) is 0 Å². The van der Waals surface area contributed by atoms with Crippen molar-refractivity contribution in [2.45, 2.75) is 4.90 Å². The van der Waals surface area contributed by atoms with E-state index in [2.05, 4.69) is 40.1 Å². The Morgan fingerprint density at radius 1 is 0.947 bits per heavy atom. The van der Waals surface area contributed by atoms with E-state index in [1.165, 1.54) is 4.90 Å². The maximum atomic E-state index is 8.89. The zero-order valence-corrected chi connectivity index (χ0v) is 12.8. The highest BCUT2D eigenvalue weighted by atomic mass is 35.5. The Bertz CT molecular complexity index is 331. The van der Waals surface area contributed by atoms with Crippen LogP contribution in [-0.4, -0.2) is 66.5 Å². The normalized spacial score (nSPS) is 17.1. The summed E-state index contributed by atoms with van der Waals surface area (Å²) < 4.78 is 0. The number of hydrogen-bond acceptors (Lipinski definition) is 4. The quantitative estimate of drug-likeness (QED) is 0.811. The second-order valence-electron chi connectivity index (χ2n) is 4.57. The van der Waals surface area contributed by atoms with Gasteiger partial charge < -0.3 is 5.11 Å². The number of halogens is 1. The van der Waals surface area contributed by atoms with Gasteiger partial charge in [0.1, 0.15) is 0 Å². The van der Waals surface area contributed by atoms with Crippen LogP contribution in [-0.2, 0) is 0 Å². The summed E-state index contributed by atoms with van der Waals surface area (Å²) in [5.41, 5.74) is 0. The van der Waals surface area contributed by atoms with Crippen LogP contribution in [0.3, 0.4) is 0 Å². The molecule has 0 spiro atoms. The first-order valence-corrected chi connectivity index (χ1v) is 7.60. The Kier molecular flexibility index (Phi) is 8.50. The Labute approximate surface area is 126 Å². The number of aliphatic hydroxyl groups is 1. The molecule has 0 atom stereocenters. The van der Waals surface area contributed by atoms with E-state index in [9.17, 15) is 0 Å². The molecule has 0 amide bonds. The maximum Gasteiger partial charge on any atom is 0.0558 e. The van der Waals surface area contributed by atoms with Crippen LogP contribution >= 0.6 is 24.2 Å². The third-order valence-electron chi connectivity index (χ3n) is 3.30. The van der Waals surface area contributed by atoms with Crippen LogP contribution in [0.4, 0.5) is 0 Å². The highest BCUT2D eigenvalue weighted by Crippen LogP contribution is 2.17. The molecule has 3 nitrogen and oxygen atoms in total. The Hall–Kier alpha value is -0.260. The molecule has 0 unspecified atom stereocenters. The standard InChI is InChI=1S/C14H22N2OS.ClH/c17-12-10-15-6-8-16(9-7-15)11-13-18-14-4-2-1-3-5-14;/h1-5,17H,6-13H2;1H. The lowest BCUT2D eigenvalue weighted by atomic mass is 10.3. The number of hydrogen-bond donors (Lipinski definition) is 1. The summed E-state index contributed by atoms with van der Waals surface area (Å²) in [6.07, 6.45) is 0. The fourth-order valence-corrected chi connectivity index (χ4v) is 3.12. The summed E-state index contributed by atoms with van der Waals surface area (Å²) in [5.74, 6) is 1.16. The number of benzene rings is 1. The molecule has 0 radical (unpaired) electrons. The molecule has 19 heavy (non-hydrogen) atoms. The smallest absolute Gasteiger partial charge is 0.0558 e. The fraction of sp³-hybridized carbons (Fsp3) is 0.571. The van der Waals surface area contributed by atoms with Crippen LogP contribution in [0, 0.1) is 0 Å². The monoisotopic (exact) mass is 302 g/mol. The van der Waals surface area contributed by atoms with Gasteiger partial charge in [0, 0.05) is 49.9 Å². The lowest BCUT2D eigenvalue weighted by molar-refractivity contribution is 0.117. The minimum absolute atomic E-state index is 0. The summed E-state index contributed by atoms with van der Waals surface area (Å²) in [6, 6.07) is 10.6. The fourth-order valence-electron chi connectivity index (χ4n) is 2.19. The van der Waals surface area contributed by atoms with E-state index in [1.807, 2.05) is 11.8 Å². The first-order valence-electron chi connectivity index (χ1n) is 6.62. The molecule has 1 aliphatic heterocycles. The highest BCUT2D eigenvalue weighted by molar-refractivity contribution is 7.99. The van der Waals surface area contributed by atoms with Crippen molar-refractivity contribution in [2.75, 3.05) is 51.6 Å². The number of aliphatic hydroxyl groups excluding tert-OH is 1. The summed E-state index contributed by atoms with van der Waals surface area (Å²) in [7, 11) is 0. The topological polar surface area (TPSA) is 26.7 Å². The molecule has 5 heteroatoms. The van der Waals surface area contributed by atoms with Gasteiger partial charge >= 0.3 is 0 Å². The van der Waals surface area contributed by atoms with E-state index in [4.69, 9.17) is 5.11 Å². The molecule has 1 N–H and O–H groups in total. The number of nitrogens with zero attached hydrogens (tertiary/aromatic N) is 2. The van der Waals surface area contributed by atoms with Gasteiger partial charge in [-0.1, -0.05) is 18.2 Å². The van der Waals surface area contributed by atoms with E-state index in [1.54, 1.807) is 0 Å². The molecule has 0 aromatic heterocycles. The minimum atomic E-state index is 0. The van der Waals surface area contributed by atoms with Crippen LogP contribution in [0.15, 0.2) is 35.2 Å². The van der Waals surface area contributed by atoms with Crippen molar-refractivity contribution < 1.29 is 5.11 Å². The SMILES string of the molecule is Cl.OCCN1CCN(CCSc2ccccc2)CC1. The minimum Gasteiger partial charge on any atom is -0.395 e. The number of β-amino-alcohol motifs (C(OH)–C–C–N with tert-alkyl or cyclic N) is 1. The molecule has 1 fully saturated rings. The van der Waals surface area contributed by atoms with Crippen LogP contribution < -0.4 is 0 Å². The first-order chi connectivity index (χ1) is 8.88. The van der Waals surface area contributed by atoms with Gasteiger partial charge in [0.2, 0.25) is 0 Å². The van der Waals surface area contributed by atoms with Gasteiger partial charge in [-0.15, -0.1) is 24.2 Å². The van der Waals surface area contributed by atoms with Crippen LogP contribution in [0.25, 0.3) is 0 Å². The maximum absolute atomic E-state index is 8.89. The average Bonchev–Trinajstić information content (AvgIpc) is 2.42. The van der Waals surface area contributed by atoms with Crippen molar-refractivity contribution in [3.63, 3.8) is 0 Å². The van der Waals surface area contributed by atoms with Crippen LogP contribution in [0.2, 0.25) is 0 Å². The number of piperazine rings is 1. The van der Waals surface area contributed by atoms with Crippen LogP contribution in [0.5, 0.6) is 0 Å². The molecule has 1 aliphatic rings. The molecule has 108 valence electrons. The summed E-state index contributed by atoms with van der Waals surface area (Å²) in [5, 5.41) is 8.89.